The Morgan fingerprint density at radius 2 is 1.71 bits per heavy atom. The summed E-state index contributed by atoms with van der Waals surface area (Å²) in [6.07, 6.45) is 1.04. The van der Waals surface area contributed by atoms with Crippen LogP contribution in [0, 0.1) is 0 Å². The molecular weight excluding hydrogens is 391 g/mol. The Balaban J connectivity index is 1.65. The molecule has 0 aliphatic carbocycles. The summed E-state index contributed by atoms with van der Waals surface area (Å²) in [7, 11) is 0. The third-order valence-electron chi connectivity index (χ3n) is 3.14. The minimum Gasteiger partial charge on any atom is -0.354 e. The fraction of sp³-hybridized carbons (Fsp3) is 0.250. The number of carbonyl (C=O) groups is 2. The highest BCUT2D eigenvalue weighted by atomic mass is 35.5. The number of amides is 2. The fourth-order valence-corrected chi connectivity index (χ4v) is 3.31. The van der Waals surface area contributed by atoms with Gasteiger partial charge >= 0.3 is 0 Å². The van der Waals surface area contributed by atoms with E-state index in [-0.39, 0.29) is 11.8 Å². The number of halogens is 3. The maximum absolute atomic E-state index is 11.9. The van der Waals surface area contributed by atoms with Gasteiger partial charge < -0.3 is 10.6 Å². The number of aryl methyl sites for hydroxylation is 1. The Morgan fingerprint density at radius 1 is 0.958 bits per heavy atom. The topological polar surface area (TPSA) is 58.2 Å². The summed E-state index contributed by atoms with van der Waals surface area (Å²) in [6, 6.07) is 8.39. The van der Waals surface area contributed by atoms with Crippen LogP contribution in [0.4, 0.5) is 0 Å². The van der Waals surface area contributed by atoms with Crippen LogP contribution in [0.3, 0.4) is 0 Å². The van der Waals surface area contributed by atoms with Crippen molar-refractivity contribution in [2.45, 2.75) is 12.8 Å². The van der Waals surface area contributed by atoms with Crippen molar-refractivity contribution in [2.24, 2.45) is 0 Å². The van der Waals surface area contributed by atoms with Crippen molar-refractivity contribution < 1.29 is 9.59 Å². The molecule has 0 radical (unpaired) electrons. The third kappa shape index (κ3) is 5.98. The van der Waals surface area contributed by atoms with Gasteiger partial charge in [0.15, 0.2) is 0 Å². The summed E-state index contributed by atoms with van der Waals surface area (Å²) in [6.45, 7) is 0.687. The van der Waals surface area contributed by atoms with Crippen LogP contribution in [-0.2, 0) is 11.2 Å². The van der Waals surface area contributed by atoms with Gasteiger partial charge in [-0.25, -0.2) is 0 Å². The number of thiophene rings is 1. The Kier molecular flexibility index (Phi) is 7.37. The summed E-state index contributed by atoms with van der Waals surface area (Å²) < 4.78 is 0.718. The number of hydrogen-bond acceptors (Lipinski definition) is 3. The zero-order chi connectivity index (χ0) is 17.5. The summed E-state index contributed by atoms with van der Waals surface area (Å²) in [5, 5.41) is 6.19. The third-order valence-corrected chi connectivity index (χ3v) is 5.17. The minimum atomic E-state index is -0.268. The molecule has 2 rings (SSSR count). The van der Waals surface area contributed by atoms with Gasteiger partial charge in [0.1, 0.15) is 0 Å². The van der Waals surface area contributed by atoms with Gasteiger partial charge in [0.25, 0.3) is 5.91 Å². The van der Waals surface area contributed by atoms with E-state index in [2.05, 4.69) is 10.6 Å². The molecule has 0 bridgehead atoms. The van der Waals surface area contributed by atoms with Crippen molar-refractivity contribution in [3.63, 3.8) is 0 Å². The van der Waals surface area contributed by atoms with Crippen LogP contribution in [0.1, 0.15) is 21.7 Å². The van der Waals surface area contributed by atoms with E-state index in [0.29, 0.717) is 41.5 Å². The van der Waals surface area contributed by atoms with E-state index in [4.69, 9.17) is 34.8 Å². The summed E-state index contributed by atoms with van der Waals surface area (Å²) in [5.74, 6) is -0.334. The first-order valence-electron chi connectivity index (χ1n) is 7.20. The molecule has 8 heteroatoms. The Hall–Kier alpha value is -1.27. The van der Waals surface area contributed by atoms with E-state index in [1.807, 2.05) is 12.1 Å². The van der Waals surface area contributed by atoms with Crippen molar-refractivity contribution in [2.75, 3.05) is 13.1 Å². The molecule has 0 saturated heterocycles. The van der Waals surface area contributed by atoms with E-state index in [0.717, 1.165) is 9.21 Å². The van der Waals surface area contributed by atoms with E-state index < -0.39 is 0 Å². The molecule has 0 aliphatic heterocycles. The van der Waals surface area contributed by atoms with Crippen LogP contribution < -0.4 is 10.6 Å². The maximum atomic E-state index is 11.9. The molecule has 1 heterocycles. The molecule has 128 valence electrons. The van der Waals surface area contributed by atoms with Gasteiger partial charge in [-0.1, -0.05) is 34.8 Å². The first-order chi connectivity index (χ1) is 11.5. The van der Waals surface area contributed by atoms with Crippen molar-refractivity contribution in [1.29, 1.82) is 0 Å². The second-order valence-corrected chi connectivity index (χ2v) is 7.55. The second kappa shape index (κ2) is 9.28. The lowest BCUT2D eigenvalue weighted by molar-refractivity contribution is -0.121. The van der Waals surface area contributed by atoms with Crippen LogP contribution in [0.2, 0.25) is 14.4 Å². The zero-order valence-electron chi connectivity index (χ0n) is 12.6. The normalized spacial score (nSPS) is 10.5. The smallest absolute Gasteiger partial charge is 0.251 e. The fourth-order valence-electron chi connectivity index (χ4n) is 1.93. The molecule has 1 aromatic heterocycles. The molecule has 2 aromatic rings. The molecular formula is C16H15Cl3N2O2S. The van der Waals surface area contributed by atoms with Crippen molar-refractivity contribution in [3.05, 3.63) is 55.2 Å². The van der Waals surface area contributed by atoms with Gasteiger partial charge in [-0.3, -0.25) is 9.59 Å². The maximum Gasteiger partial charge on any atom is 0.251 e. The number of benzene rings is 1. The Bertz CT molecular complexity index is 734. The summed E-state index contributed by atoms with van der Waals surface area (Å²) >= 11 is 19.0. The average molecular weight is 406 g/mol. The molecule has 0 fully saturated rings. The van der Waals surface area contributed by atoms with Crippen LogP contribution in [-0.4, -0.2) is 24.9 Å². The molecule has 0 aliphatic rings. The molecule has 1 aromatic carbocycles. The standard InChI is InChI=1S/C16H15Cl3N2O2S/c17-12-4-1-10(9-13(12)18)16(23)21-8-7-20-15(22)6-3-11-2-5-14(19)24-11/h1-2,4-5,9H,3,6-8H2,(H,20,22)(H,21,23). The van der Waals surface area contributed by atoms with Gasteiger partial charge in [-0.2, -0.15) is 0 Å². The van der Waals surface area contributed by atoms with Crippen LogP contribution in [0.5, 0.6) is 0 Å². The second-order valence-electron chi connectivity index (χ2n) is 4.94. The van der Waals surface area contributed by atoms with Gasteiger partial charge in [-0.05, 0) is 36.8 Å². The number of rotatable bonds is 7. The summed E-state index contributed by atoms with van der Waals surface area (Å²) in [5.41, 5.74) is 0.422. The number of hydrogen-bond donors (Lipinski definition) is 2. The molecule has 4 nitrogen and oxygen atoms in total. The van der Waals surface area contributed by atoms with Gasteiger partial charge in [0.2, 0.25) is 5.91 Å². The van der Waals surface area contributed by atoms with E-state index >= 15 is 0 Å². The van der Waals surface area contributed by atoms with Crippen molar-refractivity contribution in [1.82, 2.24) is 10.6 Å². The lowest BCUT2D eigenvalue weighted by atomic mass is 10.2. The predicted octanol–water partition coefficient (Wildman–Crippen LogP) is 4.19. The zero-order valence-corrected chi connectivity index (χ0v) is 15.7. The largest absolute Gasteiger partial charge is 0.354 e. The number of carbonyl (C=O) groups excluding carboxylic acids is 2. The highest BCUT2D eigenvalue weighted by molar-refractivity contribution is 7.16. The monoisotopic (exact) mass is 404 g/mol. The first-order valence-corrected chi connectivity index (χ1v) is 9.15. The van der Waals surface area contributed by atoms with Gasteiger partial charge in [-0.15, -0.1) is 11.3 Å². The Morgan fingerprint density at radius 3 is 2.38 bits per heavy atom. The van der Waals surface area contributed by atoms with E-state index in [1.165, 1.54) is 17.4 Å². The molecule has 0 atom stereocenters. The van der Waals surface area contributed by atoms with Crippen molar-refractivity contribution >= 4 is 58.0 Å². The average Bonchev–Trinajstić information content (AvgIpc) is 2.97. The molecule has 24 heavy (non-hydrogen) atoms. The molecule has 0 saturated carbocycles. The lowest BCUT2D eigenvalue weighted by Crippen LogP contribution is -2.34. The molecule has 2 amide bonds. The highest BCUT2D eigenvalue weighted by Gasteiger charge is 2.08. The summed E-state index contributed by atoms with van der Waals surface area (Å²) in [4.78, 5) is 24.7. The van der Waals surface area contributed by atoms with E-state index in [1.54, 1.807) is 12.1 Å². The SMILES string of the molecule is O=C(CCc1ccc(Cl)s1)NCCNC(=O)c1ccc(Cl)c(Cl)c1. The molecule has 0 unspecified atom stereocenters. The predicted molar refractivity (Wildman–Crippen MR) is 99.5 cm³/mol. The van der Waals surface area contributed by atoms with Crippen LogP contribution >= 0.6 is 46.1 Å². The van der Waals surface area contributed by atoms with E-state index in [9.17, 15) is 9.59 Å². The molecule has 2 N–H and O–H groups in total. The number of nitrogens with one attached hydrogen (secondary N) is 2. The lowest BCUT2D eigenvalue weighted by Gasteiger charge is -2.07. The van der Waals surface area contributed by atoms with Crippen LogP contribution in [0.15, 0.2) is 30.3 Å². The minimum absolute atomic E-state index is 0.0664. The quantitative estimate of drug-likeness (QED) is 0.679. The van der Waals surface area contributed by atoms with Gasteiger partial charge in [0, 0.05) is 30.0 Å². The van der Waals surface area contributed by atoms with Crippen molar-refractivity contribution in [3.8, 4) is 0 Å². The highest BCUT2D eigenvalue weighted by Crippen LogP contribution is 2.23. The van der Waals surface area contributed by atoms with Crippen LogP contribution in [0.25, 0.3) is 0 Å². The van der Waals surface area contributed by atoms with Gasteiger partial charge in [0.05, 0.1) is 14.4 Å². The first kappa shape index (κ1) is 19.1. The molecule has 0 spiro atoms. The Labute approximate surface area is 159 Å².